The molecule has 60 heavy (non-hydrogen) atoms. The molecule has 0 radical (unpaired) electrons. The minimum Gasteiger partial charge on any atom is -0.0588 e. The molecule has 15 aliphatic rings. The van der Waals surface area contributed by atoms with Gasteiger partial charge in [0, 0.05) is 0 Å². The van der Waals surface area contributed by atoms with E-state index in [1.165, 1.54) is 33.4 Å². The van der Waals surface area contributed by atoms with Gasteiger partial charge in [-0.25, -0.2) is 0 Å². The zero-order valence-electron chi connectivity index (χ0n) is 35.1. The Morgan fingerprint density at radius 3 is 0.600 bits per heavy atom. The first kappa shape index (κ1) is 35.3. The Morgan fingerprint density at radius 2 is 0.350 bits per heavy atom. The Morgan fingerprint density at radius 1 is 0.150 bits per heavy atom. The number of rotatable bonds is 0. The van der Waals surface area contributed by atoms with E-state index in [1.807, 2.05) is 0 Å². The fraction of sp³-hybridized carbons (Fsp3) is 0.300. The van der Waals surface area contributed by atoms with Gasteiger partial charge in [-0.2, -0.15) is 0 Å². The van der Waals surface area contributed by atoms with Crippen molar-refractivity contribution >= 4 is 0 Å². The molecule has 22 rings (SSSR count). The van der Waals surface area contributed by atoms with Crippen LogP contribution in [-0.2, 0) is 116 Å². The number of hydrogen-bond acceptors (Lipinski definition) is 0. The van der Waals surface area contributed by atoms with Gasteiger partial charge in [0.2, 0.25) is 0 Å². The topological polar surface area (TPSA) is 0 Å². The maximum Gasteiger partial charge on any atom is -0.0101 e. The van der Waals surface area contributed by atoms with Crippen LogP contribution in [0.25, 0.3) is 33.4 Å². The Labute approximate surface area is 356 Å². The molecule has 0 amide bonds. The molecular formula is C60H54. The van der Waals surface area contributed by atoms with Crippen molar-refractivity contribution in [1.29, 1.82) is 0 Å². The second-order valence-corrected chi connectivity index (χ2v) is 19.2. The van der Waals surface area contributed by atoms with Crippen LogP contribution < -0.4 is 0 Å². The van der Waals surface area contributed by atoms with Crippen LogP contribution in [0.15, 0.2) is 109 Å². The molecule has 15 aliphatic carbocycles. The lowest BCUT2D eigenvalue weighted by molar-refractivity contribution is 0.824. The number of benzene rings is 7. The van der Waals surface area contributed by atoms with Gasteiger partial charge in [-0.05, 0) is 249 Å². The highest BCUT2D eigenvalue weighted by Gasteiger charge is 2.37. The third-order valence-corrected chi connectivity index (χ3v) is 16.1. The molecule has 7 aromatic carbocycles. The second kappa shape index (κ2) is 14.1. The van der Waals surface area contributed by atoms with Crippen LogP contribution in [-0.4, -0.2) is 0 Å². The SMILES string of the molecule is c1cc2ccc1CCc1ccc(c3c1CCc1c-3c3c(c4c1-c1c5ccc(c1CC4)CCc1ccc(cc1)CC5)-c1c4ccc(c1CC3)CCc1ccc(cc1)CC4)CC2. The van der Waals surface area contributed by atoms with Crippen LogP contribution in [0.5, 0.6) is 0 Å². The van der Waals surface area contributed by atoms with Crippen LogP contribution in [0.4, 0.5) is 0 Å². The van der Waals surface area contributed by atoms with Crippen LogP contribution in [0.1, 0.15) is 100 Å². The molecule has 0 atom stereocenters. The second-order valence-electron chi connectivity index (χ2n) is 19.2. The molecule has 7 aromatic rings. The van der Waals surface area contributed by atoms with Crippen molar-refractivity contribution in [2.24, 2.45) is 0 Å². The Bertz CT molecular complexity index is 2540. The summed E-state index contributed by atoms with van der Waals surface area (Å²) >= 11 is 0. The summed E-state index contributed by atoms with van der Waals surface area (Å²) in [5.74, 6) is 0. The quantitative estimate of drug-likeness (QED) is 0.144. The number of fused-ring (bicyclic) bond motifs is 6. The van der Waals surface area contributed by atoms with E-state index < -0.39 is 0 Å². The first-order valence-electron chi connectivity index (χ1n) is 23.6. The van der Waals surface area contributed by atoms with Crippen LogP contribution in [0, 0.1) is 0 Å². The molecule has 0 aromatic heterocycles. The predicted octanol–water partition coefficient (Wildman–Crippen LogP) is 12.6. The van der Waals surface area contributed by atoms with E-state index >= 15 is 0 Å². The zero-order valence-corrected chi connectivity index (χ0v) is 35.1. The minimum absolute atomic E-state index is 1.10. The first-order chi connectivity index (χ1) is 29.7. The minimum atomic E-state index is 1.10. The summed E-state index contributed by atoms with van der Waals surface area (Å²) in [6, 6.07) is 44.2. The molecule has 294 valence electrons. The lowest BCUT2D eigenvalue weighted by Gasteiger charge is -2.39. The molecule has 0 heteroatoms. The van der Waals surface area contributed by atoms with Crippen LogP contribution >= 0.6 is 0 Å². The van der Waals surface area contributed by atoms with Gasteiger partial charge in [-0.3, -0.25) is 0 Å². The lowest BCUT2D eigenvalue weighted by Crippen LogP contribution is -2.23. The van der Waals surface area contributed by atoms with Crippen molar-refractivity contribution < 1.29 is 0 Å². The zero-order chi connectivity index (χ0) is 39.3. The molecule has 0 aliphatic heterocycles. The number of hydrogen-bond donors (Lipinski definition) is 0. The Balaban J connectivity index is 1.10. The van der Waals surface area contributed by atoms with E-state index in [2.05, 4.69) is 109 Å². The lowest BCUT2D eigenvalue weighted by atomic mass is 9.65. The van der Waals surface area contributed by atoms with Gasteiger partial charge in [0.25, 0.3) is 0 Å². The van der Waals surface area contributed by atoms with E-state index in [9.17, 15) is 0 Å². The number of aryl methyl sites for hydroxylation is 12. The van der Waals surface area contributed by atoms with E-state index in [0.717, 1.165) is 116 Å². The average molecular weight is 775 g/mol. The predicted molar refractivity (Wildman–Crippen MR) is 249 cm³/mol. The van der Waals surface area contributed by atoms with Crippen LogP contribution in [0.2, 0.25) is 0 Å². The molecule has 12 bridgehead atoms. The van der Waals surface area contributed by atoms with Crippen molar-refractivity contribution in [3.8, 4) is 33.4 Å². The fourth-order valence-corrected chi connectivity index (χ4v) is 13.0. The van der Waals surface area contributed by atoms with Crippen molar-refractivity contribution in [2.75, 3.05) is 0 Å². The monoisotopic (exact) mass is 774 g/mol. The summed E-state index contributed by atoms with van der Waals surface area (Å²) in [7, 11) is 0. The normalized spacial score (nSPS) is 16.8. The fourth-order valence-electron chi connectivity index (χ4n) is 13.0. The van der Waals surface area contributed by atoms with Gasteiger partial charge in [0.1, 0.15) is 0 Å². The summed E-state index contributed by atoms with van der Waals surface area (Å²) < 4.78 is 0. The van der Waals surface area contributed by atoms with Gasteiger partial charge in [0.15, 0.2) is 0 Å². The molecular weight excluding hydrogens is 721 g/mol. The van der Waals surface area contributed by atoms with Crippen molar-refractivity contribution in [1.82, 2.24) is 0 Å². The molecule has 0 heterocycles. The highest BCUT2D eigenvalue weighted by Crippen LogP contribution is 2.56. The summed E-state index contributed by atoms with van der Waals surface area (Å²) in [6.45, 7) is 0. The molecule has 0 nitrogen and oxygen atoms in total. The van der Waals surface area contributed by atoms with Crippen molar-refractivity contribution in [2.45, 2.75) is 116 Å². The summed E-state index contributed by atoms with van der Waals surface area (Å²) in [5.41, 5.74) is 38.5. The highest BCUT2D eigenvalue weighted by atomic mass is 14.4. The maximum absolute atomic E-state index is 2.58. The third-order valence-electron chi connectivity index (χ3n) is 16.1. The Hall–Kier alpha value is -5.46. The van der Waals surface area contributed by atoms with Crippen LogP contribution in [0.3, 0.4) is 0 Å². The summed E-state index contributed by atoms with van der Waals surface area (Å²) in [4.78, 5) is 0. The first-order valence-corrected chi connectivity index (χ1v) is 23.6. The van der Waals surface area contributed by atoms with Gasteiger partial charge < -0.3 is 0 Å². The molecule has 0 fully saturated rings. The van der Waals surface area contributed by atoms with Crippen molar-refractivity contribution in [3.05, 3.63) is 209 Å². The van der Waals surface area contributed by atoms with Gasteiger partial charge in [-0.15, -0.1) is 0 Å². The smallest absolute Gasteiger partial charge is 0.0101 e. The molecule has 0 spiro atoms. The van der Waals surface area contributed by atoms with E-state index in [-0.39, 0.29) is 0 Å². The van der Waals surface area contributed by atoms with Gasteiger partial charge in [0.05, 0.1) is 0 Å². The van der Waals surface area contributed by atoms with E-state index in [4.69, 9.17) is 0 Å². The molecule has 0 saturated carbocycles. The average Bonchev–Trinajstić information content (AvgIpc) is 3.28. The van der Waals surface area contributed by atoms with E-state index in [1.54, 1.807) is 100 Å². The summed E-state index contributed by atoms with van der Waals surface area (Å²) in [6.07, 6.45) is 20.3. The highest BCUT2D eigenvalue weighted by molar-refractivity contribution is 5.99. The van der Waals surface area contributed by atoms with E-state index in [0.29, 0.717) is 0 Å². The maximum atomic E-state index is 2.58. The van der Waals surface area contributed by atoms with Gasteiger partial charge in [-0.1, -0.05) is 109 Å². The summed E-state index contributed by atoms with van der Waals surface area (Å²) in [5, 5.41) is 0. The third kappa shape index (κ3) is 5.70. The standard InChI is InChI=1S/C60H54/c1-7-40-8-2-37(1)13-19-43-25-28-46(22-16-40)55-49(43)31-34-52-58(55)53-35-32-50-44-20-14-38-5-11-42(12-6-38)18-24-48(30-27-44)57(50)60(53)54-36-33-51-45-21-15-39-3-9-41(10-4-39)17-23-47(29-26-45)56(51)59(52)54/h1-12,25-30H,13-24,31-36H2. The molecule has 0 saturated heterocycles. The Kier molecular flexibility index (Phi) is 8.27. The van der Waals surface area contributed by atoms with Crippen molar-refractivity contribution in [3.63, 3.8) is 0 Å². The molecule has 0 N–H and O–H groups in total. The largest absolute Gasteiger partial charge is 0.0588 e. The van der Waals surface area contributed by atoms with Gasteiger partial charge >= 0.3 is 0 Å². The molecule has 0 unspecified atom stereocenters.